The molecule has 0 unspecified atom stereocenters. The van der Waals surface area contributed by atoms with E-state index < -0.39 is 11.5 Å². The van der Waals surface area contributed by atoms with Crippen molar-refractivity contribution in [2.75, 3.05) is 7.11 Å². The number of carboxylic acids is 1. The van der Waals surface area contributed by atoms with Gasteiger partial charge in [-0.2, -0.15) is 0 Å². The third-order valence-electron chi connectivity index (χ3n) is 3.75. The van der Waals surface area contributed by atoms with Gasteiger partial charge in [-0.1, -0.05) is 25.0 Å². The Bertz CT molecular complexity index is 559. The summed E-state index contributed by atoms with van der Waals surface area (Å²) >= 11 is 0. The normalized spacial score (nSPS) is 16.8. The quantitative estimate of drug-likeness (QED) is 0.815. The first-order chi connectivity index (χ1) is 10.1. The maximum absolute atomic E-state index is 11.9. The number of hydrogen-bond donors (Lipinski definition) is 2. The second-order valence-corrected chi connectivity index (χ2v) is 5.19. The fraction of sp³-hybridized carbons (Fsp3) is 0.375. The van der Waals surface area contributed by atoms with Gasteiger partial charge in [-0.25, -0.2) is 4.79 Å². The second-order valence-electron chi connectivity index (χ2n) is 5.19. The molecule has 1 amide bonds. The Morgan fingerprint density at radius 2 is 2.05 bits per heavy atom. The lowest BCUT2D eigenvalue weighted by Gasteiger charge is -2.24. The highest BCUT2D eigenvalue weighted by Crippen LogP contribution is 2.29. The van der Waals surface area contributed by atoms with Crippen LogP contribution in [0.15, 0.2) is 30.3 Å². The number of benzene rings is 1. The van der Waals surface area contributed by atoms with Crippen molar-refractivity contribution in [1.82, 2.24) is 5.32 Å². The molecule has 0 bridgehead atoms. The van der Waals surface area contributed by atoms with Gasteiger partial charge in [-0.05, 0) is 36.6 Å². The summed E-state index contributed by atoms with van der Waals surface area (Å²) in [5.41, 5.74) is -0.282. The topological polar surface area (TPSA) is 75.6 Å². The Kier molecular flexibility index (Phi) is 4.62. The molecule has 1 aliphatic rings. The van der Waals surface area contributed by atoms with Gasteiger partial charge in [0.15, 0.2) is 0 Å². The van der Waals surface area contributed by atoms with Crippen molar-refractivity contribution in [2.45, 2.75) is 31.2 Å². The highest BCUT2D eigenvalue weighted by atomic mass is 16.5. The number of hydrogen-bond acceptors (Lipinski definition) is 3. The van der Waals surface area contributed by atoms with E-state index in [0.717, 1.165) is 18.4 Å². The Morgan fingerprint density at radius 1 is 1.33 bits per heavy atom. The molecule has 0 aromatic heterocycles. The number of methoxy groups -OCH3 is 1. The first kappa shape index (κ1) is 15.1. The lowest BCUT2D eigenvalue weighted by molar-refractivity contribution is -0.146. The van der Waals surface area contributed by atoms with Crippen LogP contribution in [-0.4, -0.2) is 29.6 Å². The van der Waals surface area contributed by atoms with E-state index in [1.165, 1.54) is 6.08 Å². The average Bonchev–Trinajstić information content (AvgIpc) is 2.95. The SMILES string of the molecule is COc1cccc(/C=C/C(=O)NC2(C(=O)O)CCCC2)c1. The molecule has 0 heterocycles. The van der Waals surface area contributed by atoms with Crippen molar-refractivity contribution in [3.8, 4) is 5.75 Å². The van der Waals surface area contributed by atoms with Gasteiger partial charge in [0.05, 0.1) is 7.11 Å². The number of ether oxygens (including phenoxy) is 1. The fourth-order valence-electron chi connectivity index (χ4n) is 2.57. The van der Waals surface area contributed by atoms with Crippen LogP contribution >= 0.6 is 0 Å². The van der Waals surface area contributed by atoms with Crippen LogP contribution in [0.25, 0.3) is 6.08 Å². The zero-order valence-electron chi connectivity index (χ0n) is 12.0. The van der Waals surface area contributed by atoms with Gasteiger partial charge in [-0.3, -0.25) is 4.79 Å². The van der Waals surface area contributed by atoms with Crippen molar-refractivity contribution >= 4 is 18.0 Å². The third-order valence-corrected chi connectivity index (χ3v) is 3.75. The van der Waals surface area contributed by atoms with E-state index >= 15 is 0 Å². The Balaban J connectivity index is 2.03. The maximum atomic E-state index is 11.9. The third kappa shape index (κ3) is 3.62. The van der Waals surface area contributed by atoms with Gasteiger partial charge < -0.3 is 15.2 Å². The van der Waals surface area contributed by atoms with Crippen LogP contribution in [0.4, 0.5) is 0 Å². The smallest absolute Gasteiger partial charge is 0.329 e. The fourth-order valence-corrected chi connectivity index (χ4v) is 2.57. The van der Waals surface area contributed by atoms with E-state index in [2.05, 4.69) is 5.32 Å². The van der Waals surface area contributed by atoms with Gasteiger partial charge in [0.2, 0.25) is 5.91 Å². The van der Waals surface area contributed by atoms with Crippen molar-refractivity contribution in [1.29, 1.82) is 0 Å². The molecule has 0 saturated heterocycles. The summed E-state index contributed by atoms with van der Waals surface area (Å²) in [6, 6.07) is 7.28. The molecule has 1 fully saturated rings. The van der Waals surface area contributed by atoms with E-state index in [9.17, 15) is 14.7 Å². The molecule has 0 aliphatic heterocycles. The van der Waals surface area contributed by atoms with E-state index in [0.29, 0.717) is 18.6 Å². The number of carbonyl (C=O) groups is 2. The Hall–Kier alpha value is -2.30. The van der Waals surface area contributed by atoms with Gasteiger partial charge >= 0.3 is 5.97 Å². The molecule has 0 radical (unpaired) electrons. The van der Waals surface area contributed by atoms with E-state index in [-0.39, 0.29) is 5.91 Å². The molecule has 21 heavy (non-hydrogen) atoms. The second kappa shape index (κ2) is 6.43. The highest BCUT2D eigenvalue weighted by Gasteiger charge is 2.42. The standard InChI is InChI=1S/C16H19NO4/c1-21-13-6-4-5-12(11-13)7-8-14(18)17-16(15(19)20)9-2-3-10-16/h4-8,11H,2-3,9-10H2,1H3,(H,17,18)(H,19,20)/b8-7+. The lowest BCUT2D eigenvalue weighted by Crippen LogP contribution is -2.52. The number of carboxylic acid groups (broad SMARTS) is 1. The van der Waals surface area contributed by atoms with Crippen LogP contribution in [0, 0.1) is 0 Å². The highest BCUT2D eigenvalue weighted by molar-refractivity contribution is 5.96. The van der Waals surface area contributed by atoms with Crippen LogP contribution in [-0.2, 0) is 9.59 Å². The van der Waals surface area contributed by atoms with Gasteiger partial charge in [0.25, 0.3) is 0 Å². The zero-order valence-corrected chi connectivity index (χ0v) is 12.0. The van der Waals surface area contributed by atoms with Crippen LogP contribution in [0.2, 0.25) is 0 Å². The summed E-state index contributed by atoms with van der Waals surface area (Å²) in [6.07, 6.45) is 5.63. The average molecular weight is 289 g/mol. The van der Waals surface area contributed by atoms with Crippen molar-refractivity contribution < 1.29 is 19.4 Å². The minimum Gasteiger partial charge on any atom is -0.497 e. The van der Waals surface area contributed by atoms with Crippen molar-refractivity contribution in [3.63, 3.8) is 0 Å². The molecule has 1 aliphatic carbocycles. The van der Waals surface area contributed by atoms with Crippen molar-refractivity contribution in [2.24, 2.45) is 0 Å². The summed E-state index contributed by atoms with van der Waals surface area (Å²) < 4.78 is 5.10. The molecule has 2 rings (SSSR count). The van der Waals surface area contributed by atoms with Gasteiger partial charge in [0.1, 0.15) is 11.3 Å². The Morgan fingerprint density at radius 3 is 2.67 bits per heavy atom. The van der Waals surface area contributed by atoms with Gasteiger partial charge in [-0.15, -0.1) is 0 Å². The summed E-state index contributed by atoms with van der Waals surface area (Å²) in [5, 5.41) is 11.9. The minimum absolute atomic E-state index is 0.387. The molecule has 112 valence electrons. The molecule has 0 atom stereocenters. The Labute approximate surface area is 123 Å². The van der Waals surface area contributed by atoms with E-state index in [1.54, 1.807) is 19.3 Å². The van der Waals surface area contributed by atoms with E-state index in [1.807, 2.05) is 18.2 Å². The molecular weight excluding hydrogens is 270 g/mol. The number of amides is 1. The number of rotatable bonds is 5. The first-order valence-electron chi connectivity index (χ1n) is 6.93. The molecule has 5 nitrogen and oxygen atoms in total. The largest absolute Gasteiger partial charge is 0.497 e. The predicted molar refractivity (Wildman–Crippen MR) is 79.0 cm³/mol. The molecule has 1 aromatic rings. The molecule has 5 heteroatoms. The summed E-state index contributed by atoms with van der Waals surface area (Å²) in [5.74, 6) is -0.638. The van der Waals surface area contributed by atoms with E-state index in [4.69, 9.17) is 4.74 Å². The number of aliphatic carboxylic acids is 1. The van der Waals surface area contributed by atoms with Crippen LogP contribution in [0.3, 0.4) is 0 Å². The molecule has 2 N–H and O–H groups in total. The van der Waals surface area contributed by atoms with Crippen LogP contribution in [0.1, 0.15) is 31.2 Å². The molecule has 1 saturated carbocycles. The summed E-state index contributed by atoms with van der Waals surface area (Å²) in [7, 11) is 1.58. The van der Waals surface area contributed by atoms with Crippen LogP contribution < -0.4 is 10.1 Å². The summed E-state index contributed by atoms with van der Waals surface area (Å²) in [4.78, 5) is 23.3. The maximum Gasteiger partial charge on any atom is 0.329 e. The molecular formula is C16H19NO4. The zero-order chi connectivity index (χ0) is 15.3. The van der Waals surface area contributed by atoms with Crippen LogP contribution in [0.5, 0.6) is 5.75 Å². The molecule has 0 spiro atoms. The number of carbonyl (C=O) groups excluding carboxylic acids is 1. The first-order valence-corrected chi connectivity index (χ1v) is 6.93. The minimum atomic E-state index is -1.10. The molecule has 1 aromatic carbocycles. The monoisotopic (exact) mass is 289 g/mol. The van der Waals surface area contributed by atoms with Gasteiger partial charge in [0, 0.05) is 6.08 Å². The van der Waals surface area contributed by atoms with Crippen molar-refractivity contribution in [3.05, 3.63) is 35.9 Å². The predicted octanol–water partition coefficient (Wildman–Crippen LogP) is 2.22. The number of nitrogens with one attached hydrogen (secondary N) is 1. The summed E-state index contributed by atoms with van der Waals surface area (Å²) in [6.45, 7) is 0. The lowest BCUT2D eigenvalue weighted by atomic mass is 9.98.